The third-order valence-corrected chi connectivity index (χ3v) is 5.89. The fourth-order valence-corrected chi connectivity index (χ4v) is 3.92. The van der Waals surface area contributed by atoms with E-state index in [0.717, 1.165) is 48.6 Å². The minimum absolute atomic E-state index is 0.322. The lowest BCUT2D eigenvalue weighted by atomic mass is 9.91. The summed E-state index contributed by atoms with van der Waals surface area (Å²) in [6.07, 6.45) is 2.36. The van der Waals surface area contributed by atoms with Crippen molar-refractivity contribution in [3.63, 3.8) is 0 Å². The molecule has 0 aliphatic rings. The maximum absolute atomic E-state index is 13.2. The molecule has 0 aliphatic heterocycles. The van der Waals surface area contributed by atoms with Crippen molar-refractivity contribution in [2.45, 2.75) is 38.3 Å². The second-order valence-electron chi connectivity index (χ2n) is 8.42. The first-order chi connectivity index (χ1) is 17.1. The lowest BCUT2D eigenvalue weighted by Gasteiger charge is -2.22. The normalized spacial score (nSPS) is 12.7. The van der Waals surface area contributed by atoms with E-state index in [1.54, 1.807) is 24.7 Å². The Balaban J connectivity index is 1.39. The van der Waals surface area contributed by atoms with Crippen molar-refractivity contribution in [2.75, 3.05) is 13.7 Å². The molecule has 3 N–H and O–H groups in total. The summed E-state index contributed by atoms with van der Waals surface area (Å²) >= 11 is 0. The molecule has 0 radical (unpaired) electrons. The first-order valence-electron chi connectivity index (χ1n) is 11.8. The first kappa shape index (κ1) is 26.3. The van der Waals surface area contributed by atoms with Gasteiger partial charge in [0.15, 0.2) is 0 Å². The van der Waals surface area contributed by atoms with E-state index in [-0.39, 0.29) is 11.9 Å². The van der Waals surface area contributed by atoms with Gasteiger partial charge in [-0.3, -0.25) is 10.0 Å². The molecule has 0 bridgehead atoms. The molecule has 1 amide bonds. The number of hydroxylamine groups is 1. The fourth-order valence-electron chi connectivity index (χ4n) is 3.92. The predicted molar refractivity (Wildman–Crippen MR) is 133 cm³/mol. The summed E-state index contributed by atoms with van der Waals surface area (Å²) in [5.41, 5.74) is 3.72. The van der Waals surface area contributed by atoms with Crippen molar-refractivity contribution in [3.8, 4) is 11.5 Å². The molecule has 0 heterocycles. The van der Waals surface area contributed by atoms with Gasteiger partial charge in [-0.05, 0) is 73.3 Å². The standard InChI is InChI=1S/C28H33FN2O4/c1-34-27(22-12-14-24(29)15-13-22)19-23(28(32)31-33)7-5-6-18-30-20-21-10-16-26(17-11-21)35-25-8-3-2-4-9-25/h2-4,8-17,23,27,30,33H,5-7,18-20H2,1H3,(H,31,32). The number of ether oxygens (including phenoxy) is 2. The second-order valence-corrected chi connectivity index (χ2v) is 8.42. The van der Waals surface area contributed by atoms with Gasteiger partial charge in [-0.2, -0.15) is 0 Å². The largest absolute Gasteiger partial charge is 0.457 e. The zero-order valence-corrected chi connectivity index (χ0v) is 20.0. The van der Waals surface area contributed by atoms with Gasteiger partial charge in [0.05, 0.1) is 6.10 Å². The van der Waals surface area contributed by atoms with Gasteiger partial charge in [0.2, 0.25) is 5.91 Å². The molecule has 7 heteroatoms. The number of hydrogen-bond donors (Lipinski definition) is 3. The van der Waals surface area contributed by atoms with Gasteiger partial charge < -0.3 is 14.8 Å². The number of rotatable bonds is 14. The summed E-state index contributed by atoms with van der Waals surface area (Å²) < 4.78 is 24.6. The Labute approximate surface area is 206 Å². The Morgan fingerprint density at radius 1 is 0.943 bits per heavy atom. The van der Waals surface area contributed by atoms with E-state index in [1.807, 2.05) is 54.6 Å². The van der Waals surface area contributed by atoms with Crippen LogP contribution in [0.15, 0.2) is 78.9 Å². The number of para-hydroxylation sites is 1. The van der Waals surface area contributed by atoms with Gasteiger partial charge in [0.1, 0.15) is 17.3 Å². The zero-order chi connectivity index (χ0) is 24.9. The van der Waals surface area contributed by atoms with Crippen LogP contribution in [0.3, 0.4) is 0 Å². The Morgan fingerprint density at radius 3 is 2.29 bits per heavy atom. The first-order valence-corrected chi connectivity index (χ1v) is 11.8. The van der Waals surface area contributed by atoms with E-state index < -0.39 is 11.8 Å². The highest BCUT2D eigenvalue weighted by Crippen LogP contribution is 2.28. The SMILES string of the molecule is COC(CC(CCCCNCc1ccc(Oc2ccccc2)cc1)C(=O)NO)c1ccc(F)cc1. The van der Waals surface area contributed by atoms with Crippen LogP contribution in [0.1, 0.15) is 42.9 Å². The molecule has 2 atom stereocenters. The highest BCUT2D eigenvalue weighted by atomic mass is 19.1. The van der Waals surface area contributed by atoms with Gasteiger partial charge in [0, 0.05) is 19.6 Å². The smallest absolute Gasteiger partial charge is 0.246 e. The lowest BCUT2D eigenvalue weighted by Crippen LogP contribution is -2.29. The summed E-state index contributed by atoms with van der Waals surface area (Å²) in [6, 6.07) is 23.7. The van der Waals surface area contributed by atoms with E-state index >= 15 is 0 Å². The number of carbonyl (C=O) groups excluding carboxylic acids is 1. The molecule has 0 saturated carbocycles. The van der Waals surface area contributed by atoms with Crippen molar-refractivity contribution in [3.05, 3.63) is 95.8 Å². The molecule has 3 aromatic carbocycles. The van der Waals surface area contributed by atoms with Crippen molar-refractivity contribution in [1.82, 2.24) is 10.8 Å². The van der Waals surface area contributed by atoms with Crippen LogP contribution in [0.2, 0.25) is 0 Å². The average molecular weight is 481 g/mol. The van der Waals surface area contributed by atoms with Gasteiger partial charge in [-0.25, -0.2) is 9.87 Å². The second kappa shape index (κ2) is 14.2. The number of hydrogen-bond acceptors (Lipinski definition) is 5. The predicted octanol–water partition coefficient (Wildman–Crippen LogP) is 5.78. The molecule has 3 aromatic rings. The molecule has 2 unspecified atom stereocenters. The Hall–Kier alpha value is -3.26. The van der Waals surface area contributed by atoms with Crippen LogP contribution in [-0.2, 0) is 16.1 Å². The maximum Gasteiger partial charge on any atom is 0.246 e. The zero-order valence-electron chi connectivity index (χ0n) is 20.0. The van der Waals surface area contributed by atoms with E-state index in [1.165, 1.54) is 12.1 Å². The Bertz CT molecular complexity index is 1010. The monoisotopic (exact) mass is 480 g/mol. The van der Waals surface area contributed by atoms with E-state index in [2.05, 4.69) is 5.32 Å². The Morgan fingerprint density at radius 2 is 1.63 bits per heavy atom. The molecule has 186 valence electrons. The van der Waals surface area contributed by atoms with Gasteiger partial charge >= 0.3 is 0 Å². The summed E-state index contributed by atoms with van der Waals surface area (Å²) in [5.74, 6) is 0.438. The third-order valence-electron chi connectivity index (χ3n) is 5.89. The number of carbonyl (C=O) groups is 1. The van der Waals surface area contributed by atoms with E-state index in [9.17, 15) is 9.18 Å². The van der Waals surface area contributed by atoms with Crippen LogP contribution >= 0.6 is 0 Å². The van der Waals surface area contributed by atoms with Crippen LogP contribution in [0.4, 0.5) is 4.39 Å². The lowest BCUT2D eigenvalue weighted by molar-refractivity contribution is -0.135. The number of benzene rings is 3. The number of halogens is 1. The van der Waals surface area contributed by atoms with Crippen molar-refractivity contribution in [1.29, 1.82) is 0 Å². The quantitative estimate of drug-likeness (QED) is 0.155. The minimum Gasteiger partial charge on any atom is -0.457 e. The topological polar surface area (TPSA) is 79.8 Å². The minimum atomic E-state index is -0.431. The van der Waals surface area contributed by atoms with Crippen LogP contribution in [0, 0.1) is 11.7 Å². The van der Waals surface area contributed by atoms with Crippen LogP contribution in [0.5, 0.6) is 11.5 Å². The summed E-state index contributed by atoms with van der Waals surface area (Å²) in [4.78, 5) is 12.2. The highest BCUT2D eigenvalue weighted by molar-refractivity contribution is 5.77. The number of nitrogens with one attached hydrogen (secondary N) is 2. The van der Waals surface area contributed by atoms with Crippen molar-refractivity contribution in [2.24, 2.45) is 5.92 Å². The molecule has 3 rings (SSSR count). The molecule has 6 nitrogen and oxygen atoms in total. The number of methoxy groups -OCH3 is 1. The maximum atomic E-state index is 13.2. The molecular weight excluding hydrogens is 447 g/mol. The summed E-state index contributed by atoms with van der Waals surface area (Å²) in [7, 11) is 1.56. The summed E-state index contributed by atoms with van der Waals surface area (Å²) in [5, 5.41) is 12.6. The van der Waals surface area contributed by atoms with E-state index in [4.69, 9.17) is 14.7 Å². The Kier molecular flexibility index (Phi) is 10.7. The number of unbranched alkanes of at least 4 members (excludes halogenated alkanes) is 1. The van der Waals surface area contributed by atoms with Gasteiger partial charge in [0.25, 0.3) is 0 Å². The molecule has 0 aliphatic carbocycles. The molecule has 0 fully saturated rings. The molecule has 0 aromatic heterocycles. The molecule has 35 heavy (non-hydrogen) atoms. The van der Waals surface area contributed by atoms with Gasteiger partial charge in [-0.15, -0.1) is 0 Å². The fraction of sp³-hybridized carbons (Fsp3) is 0.321. The van der Waals surface area contributed by atoms with Gasteiger partial charge in [-0.1, -0.05) is 48.9 Å². The highest BCUT2D eigenvalue weighted by Gasteiger charge is 2.23. The van der Waals surface area contributed by atoms with E-state index in [0.29, 0.717) is 12.8 Å². The molecule has 0 spiro atoms. The van der Waals surface area contributed by atoms with Crippen LogP contribution in [-0.4, -0.2) is 24.8 Å². The van der Waals surface area contributed by atoms with Crippen molar-refractivity contribution >= 4 is 5.91 Å². The molecule has 0 saturated heterocycles. The third kappa shape index (κ3) is 8.79. The van der Waals surface area contributed by atoms with Crippen molar-refractivity contribution < 1.29 is 23.9 Å². The average Bonchev–Trinajstić information content (AvgIpc) is 2.89. The summed E-state index contributed by atoms with van der Waals surface area (Å²) in [6.45, 7) is 1.55. The molecular formula is C28H33FN2O4. The number of amides is 1. The van der Waals surface area contributed by atoms with Crippen LogP contribution in [0.25, 0.3) is 0 Å². The van der Waals surface area contributed by atoms with Crippen LogP contribution < -0.4 is 15.5 Å².